The summed E-state index contributed by atoms with van der Waals surface area (Å²) in [4.78, 5) is 18.9. The first kappa shape index (κ1) is 12.9. The Kier molecular flexibility index (Phi) is 3.34. The molecule has 106 valence electrons. The Balaban J connectivity index is 1.73. The van der Waals surface area contributed by atoms with Crippen LogP contribution in [0.25, 0.3) is 11.7 Å². The molecule has 0 aliphatic rings. The standard InChI is InChI=1S/C13H9N3O5/c17-13(18)8-3-4-14-6-10(8)20-7-11-15-12(21-16-11)9-2-1-5-19-9/h1-6H,7H2,(H,17,18). The molecule has 0 fully saturated rings. The SMILES string of the molecule is O=C(O)c1ccncc1OCc1noc(-c2ccco2)n1. The minimum absolute atomic E-state index is 0.0137. The molecule has 3 rings (SSSR count). The predicted molar refractivity (Wildman–Crippen MR) is 67.5 cm³/mol. The Morgan fingerprint density at radius 1 is 1.38 bits per heavy atom. The van der Waals surface area contributed by atoms with E-state index in [0.29, 0.717) is 5.76 Å². The van der Waals surface area contributed by atoms with Crippen LogP contribution in [0, 0.1) is 0 Å². The summed E-state index contributed by atoms with van der Waals surface area (Å²) in [7, 11) is 0. The number of ether oxygens (including phenoxy) is 1. The molecule has 0 atom stereocenters. The van der Waals surface area contributed by atoms with Crippen LogP contribution in [-0.2, 0) is 6.61 Å². The normalized spacial score (nSPS) is 10.5. The predicted octanol–water partition coefficient (Wildman–Crippen LogP) is 2.00. The van der Waals surface area contributed by atoms with Crippen molar-refractivity contribution in [1.29, 1.82) is 0 Å². The van der Waals surface area contributed by atoms with Crippen molar-refractivity contribution in [2.75, 3.05) is 0 Å². The number of carboxylic acids is 1. The highest BCUT2D eigenvalue weighted by atomic mass is 16.5. The second-order valence-corrected chi connectivity index (χ2v) is 3.96. The summed E-state index contributed by atoms with van der Waals surface area (Å²) in [5.41, 5.74) is 0.0137. The maximum Gasteiger partial charge on any atom is 0.339 e. The molecule has 0 saturated heterocycles. The molecule has 3 heterocycles. The maximum atomic E-state index is 11.0. The Labute approximate surface area is 118 Å². The van der Waals surface area contributed by atoms with Crippen molar-refractivity contribution in [2.24, 2.45) is 0 Å². The van der Waals surface area contributed by atoms with Crippen molar-refractivity contribution in [3.8, 4) is 17.4 Å². The van der Waals surface area contributed by atoms with Crippen LogP contribution in [0.15, 0.2) is 45.8 Å². The molecular formula is C13H9N3O5. The summed E-state index contributed by atoms with van der Waals surface area (Å²) in [6.07, 6.45) is 4.18. The van der Waals surface area contributed by atoms with E-state index >= 15 is 0 Å². The minimum atomic E-state index is -1.10. The summed E-state index contributed by atoms with van der Waals surface area (Å²) in [6, 6.07) is 4.73. The largest absolute Gasteiger partial charge is 0.483 e. The lowest BCUT2D eigenvalue weighted by Crippen LogP contribution is -2.04. The number of carboxylic acid groups (broad SMARTS) is 1. The van der Waals surface area contributed by atoms with Crippen LogP contribution in [-0.4, -0.2) is 26.2 Å². The number of aromatic carboxylic acids is 1. The number of hydrogen-bond donors (Lipinski definition) is 1. The van der Waals surface area contributed by atoms with Gasteiger partial charge in [0.15, 0.2) is 18.1 Å². The minimum Gasteiger partial charge on any atom is -0.483 e. The Bertz CT molecular complexity index is 751. The lowest BCUT2D eigenvalue weighted by atomic mass is 10.2. The van der Waals surface area contributed by atoms with Crippen LogP contribution >= 0.6 is 0 Å². The molecule has 0 radical (unpaired) electrons. The van der Waals surface area contributed by atoms with Crippen LogP contribution in [0.1, 0.15) is 16.2 Å². The quantitative estimate of drug-likeness (QED) is 0.758. The molecule has 0 unspecified atom stereocenters. The lowest BCUT2D eigenvalue weighted by molar-refractivity contribution is 0.0691. The first-order valence-electron chi connectivity index (χ1n) is 5.90. The van der Waals surface area contributed by atoms with E-state index in [9.17, 15) is 4.79 Å². The van der Waals surface area contributed by atoms with Crippen LogP contribution in [0.5, 0.6) is 5.75 Å². The van der Waals surface area contributed by atoms with Gasteiger partial charge in [-0.05, 0) is 18.2 Å². The van der Waals surface area contributed by atoms with Gasteiger partial charge >= 0.3 is 5.97 Å². The number of nitrogens with zero attached hydrogens (tertiary/aromatic N) is 3. The van der Waals surface area contributed by atoms with Gasteiger partial charge in [0.05, 0.1) is 12.5 Å². The Hall–Kier alpha value is -3.16. The molecule has 8 heteroatoms. The van der Waals surface area contributed by atoms with Crippen molar-refractivity contribution >= 4 is 5.97 Å². The number of carbonyl (C=O) groups is 1. The number of furan rings is 1. The fourth-order valence-corrected chi connectivity index (χ4v) is 1.63. The number of pyridine rings is 1. The zero-order valence-electron chi connectivity index (χ0n) is 10.6. The van der Waals surface area contributed by atoms with E-state index in [2.05, 4.69) is 15.1 Å². The topological polar surface area (TPSA) is 111 Å². The van der Waals surface area contributed by atoms with E-state index < -0.39 is 5.97 Å². The first-order chi connectivity index (χ1) is 10.2. The van der Waals surface area contributed by atoms with E-state index in [-0.39, 0.29) is 29.6 Å². The van der Waals surface area contributed by atoms with E-state index in [1.54, 1.807) is 12.1 Å². The molecular weight excluding hydrogens is 278 g/mol. The molecule has 21 heavy (non-hydrogen) atoms. The highest BCUT2D eigenvalue weighted by Crippen LogP contribution is 2.19. The molecule has 0 amide bonds. The molecule has 8 nitrogen and oxygen atoms in total. The van der Waals surface area contributed by atoms with Gasteiger partial charge in [0.25, 0.3) is 5.89 Å². The van der Waals surface area contributed by atoms with Gasteiger partial charge in [0, 0.05) is 6.20 Å². The van der Waals surface area contributed by atoms with E-state index in [0.717, 1.165) is 0 Å². The maximum absolute atomic E-state index is 11.0. The molecule has 0 aliphatic heterocycles. The number of aromatic nitrogens is 3. The number of rotatable bonds is 5. The zero-order valence-corrected chi connectivity index (χ0v) is 10.6. The second kappa shape index (κ2) is 5.45. The van der Waals surface area contributed by atoms with Crippen LogP contribution in [0.2, 0.25) is 0 Å². The smallest absolute Gasteiger partial charge is 0.339 e. The van der Waals surface area contributed by atoms with Crippen LogP contribution in [0.3, 0.4) is 0 Å². The van der Waals surface area contributed by atoms with Gasteiger partial charge in [-0.15, -0.1) is 0 Å². The third kappa shape index (κ3) is 2.73. The molecule has 0 bridgehead atoms. The summed E-state index contributed by atoms with van der Waals surface area (Å²) in [5, 5.41) is 12.7. The Morgan fingerprint density at radius 3 is 3.05 bits per heavy atom. The van der Waals surface area contributed by atoms with Crippen molar-refractivity contribution in [3.63, 3.8) is 0 Å². The monoisotopic (exact) mass is 287 g/mol. The average Bonchev–Trinajstić information content (AvgIpc) is 3.16. The third-order valence-corrected chi connectivity index (χ3v) is 2.57. The van der Waals surface area contributed by atoms with Gasteiger partial charge in [-0.3, -0.25) is 4.98 Å². The van der Waals surface area contributed by atoms with Gasteiger partial charge < -0.3 is 18.8 Å². The fourth-order valence-electron chi connectivity index (χ4n) is 1.63. The molecule has 0 saturated carbocycles. The molecule has 1 N–H and O–H groups in total. The van der Waals surface area contributed by atoms with Crippen molar-refractivity contribution in [2.45, 2.75) is 6.61 Å². The van der Waals surface area contributed by atoms with Crippen molar-refractivity contribution in [1.82, 2.24) is 15.1 Å². The number of hydrogen-bond acceptors (Lipinski definition) is 7. The molecule has 0 spiro atoms. The first-order valence-corrected chi connectivity index (χ1v) is 5.90. The lowest BCUT2D eigenvalue weighted by Gasteiger charge is -2.05. The van der Waals surface area contributed by atoms with Gasteiger partial charge in [-0.25, -0.2) is 4.79 Å². The molecule has 0 aliphatic carbocycles. The summed E-state index contributed by atoms with van der Waals surface area (Å²) >= 11 is 0. The fraction of sp³-hybridized carbons (Fsp3) is 0.0769. The summed E-state index contributed by atoms with van der Waals surface area (Å²) < 4.78 is 15.5. The average molecular weight is 287 g/mol. The highest BCUT2D eigenvalue weighted by molar-refractivity contribution is 5.90. The summed E-state index contributed by atoms with van der Waals surface area (Å²) in [5.74, 6) is -0.0303. The van der Waals surface area contributed by atoms with Crippen LogP contribution < -0.4 is 4.74 Å². The van der Waals surface area contributed by atoms with Crippen molar-refractivity contribution in [3.05, 3.63) is 48.2 Å². The van der Waals surface area contributed by atoms with Gasteiger partial charge in [0.2, 0.25) is 5.82 Å². The van der Waals surface area contributed by atoms with Gasteiger partial charge in [-0.2, -0.15) is 4.98 Å². The molecule has 3 aromatic rings. The third-order valence-electron chi connectivity index (χ3n) is 2.57. The van der Waals surface area contributed by atoms with E-state index in [1.807, 2.05) is 0 Å². The van der Waals surface area contributed by atoms with Gasteiger partial charge in [0.1, 0.15) is 5.56 Å². The zero-order chi connectivity index (χ0) is 14.7. The van der Waals surface area contributed by atoms with Gasteiger partial charge in [-0.1, -0.05) is 5.16 Å². The van der Waals surface area contributed by atoms with Crippen LogP contribution in [0.4, 0.5) is 0 Å². The highest BCUT2D eigenvalue weighted by Gasteiger charge is 2.14. The van der Waals surface area contributed by atoms with E-state index in [1.165, 1.54) is 24.7 Å². The molecule has 0 aromatic carbocycles. The second-order valence-electron chi connectivity index (χ2n) is 3.96. The van der Waals surface area contributed by atoms with Crippen molar-refractivity contribution < 1.29 is 23.6 Å². The van der Waals surface area contributed by atoms with E-state index in [4.69, 9.17) is 18.8 Å². The Morgan fingerprint density at radius 2 is 2.29 bits per heavy atom. The molecule has 3 aromatic heterocycles. The summed E-state index contributed by atoms with van der Waals surface area (Å²) in [6.45, 7) is -0.0455.